The molecule has 132 valence electrons. The minimum absolute atomic E-state index is 0.0860. The van der Waals surface area contributed by atoms with Crippen LogP contribution in [0.1, 0.15) is 23.2 Å². The van der Waals surface area contributed by atoms with Gasteiger partial charge in [-0.2, -0.15) is 0 Å². The minimum Gasteiger partial charge on any atom is -0.369 e. The number of amides is 2. The molecule has 4 rings (SSSR count). The molecule has 0 spiro atoms. The largest absolute Gasteiger partial charge is 0.369 e. The van der Waals surface area contributed by atoms with Crippen molar-refractivity contribution in [2.24, 2.45) is 11.7 Å². The van der Waals surface area contributed by atoms with Crippen molar-refractivity contribution in [1.29, 1.82) is 0 Å². The van der Waals surface area contributed by atoms with Crippen molar-refractivity contribution in [1.82, 2.24) is 19.9 Å². The van der Waals surface area contributed by atoms with Crippen molar-refractivity contribution in [3.8, 4) is 11.3 Å². The summed E-state index contributed by atoms with van der Waals surface area (Å²) in [5.74, 6) is -0.693. The second kappa shape index (κ2) is 6.59. The number of rotatable bonds is 3. The van der Waals surface area contributed by atoms with Gasteiger partial charge in [0.05, 0.1) is 11.6 Å². The number of aromatic amines is 1. The Morgan fingerprint density at radius 2 is 2.12 bits per heavy atom. The topological polar surface area (TPSA) is 105 Å². The van der Waals surface area contributed by atoms with Crippen molar-refractivity contribution >= 4 is 22.8 Å². The van der Waals surface area contributed by atoms with Gasteiger partial charge in [-0.05, 0) is 31.0 Å². The second-order valence-corrected chi connectivity index (χ2v) is 6.54. The SMILES string of the molecule is NC(=O)[C@@H]1CCCN(C(=O)c2cccc(-c3ncnc4[nH]ccc34)c2)C1. The molecule has 1 aromatic carbocycles. The summed E-state index contributed by atoms with van der Waals surface area (Å²) in [6.45, 7) is 1.02. The van der Waals surface area contributed by atoms with Crippen LogP contribution in [0.25, 0.3) is 22.3 Å². The predicted octanol–water partition coefficient (Wildman–Crippen LogP) is 1.96. The monoisotopic (exact) mass is 349 g/mol. The van der Waals surface area contributed by atoms with Gasteiger partial charge in [0, 0.05) is 35.8 Å². The van der Waals surface area contributed by atoms with E-state index < -0.39 is 0 Å². The van der Waals surface area contributed by atoms with Crippen LogP contribution in [0.15, 0.2) is 42.9 Å². The molecule has 2 amide bonds. The maximum absolute atomic E-state index is 12.9. The Balaban J connectivity index is 1.64. The van der Waals surface area contributed by atoms with Crippen LogP contribution < -0.4 is 5.73 Å². The van der Waals surface area contributed by atoms with Gasteiger partial charge in [-0.1, -0.05) is 12.1 Å². The number of piperidine rings is 1. The first kappa shape index (κ1) is 16.3. The Labute approximate surface area is 150 Å². The molecular weight excluding hydrogens is 330 g/mol. The number of primary amides is 1. The van der Waals surface area contributed by atoms with Gasteiger partial charge in [0.1, 0.15) is 12.0 Å². The van der Waals surface area contributed by atoms with Gasteiger partial charge in [-0.15, -0.1) is 0 Å². The zero-order valence-electron chi connectivity index (χ0n) is 14.2. The number of fused-ring (bicyclic) bond motifs is 1. The van der Waals surface area contributed by atoms with Crippen LogP contribution in [0, 0.1) is 5.92 Å². The number of nitrogens with one attached hydrogen (secondary N) is 1. The van der Waals surface area contributed by atoms with E-state index in [-0.39, 0.29) is 17.7 Å². The molecule has 3 N–H and O–H groups in total. The quantitative estimate of drug-likeness (QED) is 0.754. The van der Waals surface area contributed by atoms with Crippen molar-refractivity contribution in [3.63, 3.8) is 0 Å². The molecule has 7 nitrogen and oxygen atoms in total. The molecule has 3 aromatic rings. The molecule has 3 heterocycles. The number of carbonyl (C=O) groups excluding carboxylic acids is 2. The number of likely N-dealkylation sites (tertiary alicyclic amines) is 1. The average Bonchev–Trinajstić information content (AvgIpc) is 3.16. The second-order valence-electron chi connectivity index (χ2n) is 6.54. The summed E-state index contributed by atoms with van der Waals surface area (Å²) in [4.78, 5) is 37.7. The molecule has 7 heteroatoms. The van der Waals surface area contributed by atoms with E-state index in [1.165, 1.54) is 6.33 Å². The first-order valence-electron chi connectivity index (χ1n) is 8.60. The van der Waals surface area contributed by atoms with Crippen LogP contribution in [0.5, 0.6) is 0 Å². The highest BCUT2D eigenvalue weighted by atomic mass is 16.2. The molecule has 1 saturated heterocycles. The average molecular weight is 349 g/mol. The minimum atomic E-state index is -0.341. The molecule has 1 aliphatic rings. The van der Waals surface area contributed by atoms with Gasteiger partial charge in [0.25, 0.3) is 5.91 Å². The van der Waals surface area contributed by atoms with E-state index in [0.717, 1.165) is 35.1 Å². The molecule has 1 aliphatic heterocycles. The summed E-state index contributed by atoms with van der Waals surface area (Å²) >= 11 is 0. The highest BCUT2D eigenvalue weighted by Crippen LogP contribution is 2.26. The zero-order valence-corrected chi connectivity index (χ0v) is 14.2. The van der Waals surface area contributed by atoms with Crippen LogP contribution in [0.4, 0.5) is 0 Å². The van der Waals surface area contributed by atoms with Crippen LogP contribution in [0.3, 0.4) is 0 Å². The molecule has 1 fully saturated rings. The van der Waals surface area contributed by atoms with Gasteiger partial charge >= 0.3 is 0 Å². The van der Waals surface area contributed by atoms with Gasteiger partial charge in [0.15, 0.2) is 0 Å². The smallest absolute Gasteiger partial charge is 0.253 e. The van der Waals surface area contributed by atoms with Crippen LogP contribution in [-0.4, -0.2) is 44.8 Å². The summed E-state index contributed by atoms with van der Waals surface area (Å²) in [5, 5.41) is 0.906. The van der Waals surface area contributed by atoms with Gasteiger partial charge in [0.2, 0.25) is 5.91 Å². The number of nitrogens with zero attached hydrogens (tertiary/aromatic N) is 3. The molecule has 0 bridgehead atoms. The lowest BCUT2D eigenvalue weighted by Gasteiger charge is -2.31. The Bertz CT molecular complexity index is 981. The highest BCUT2D eigenvalue weighted by Gasteiger charge is 2.27. The van der Waals surface area contributed by atoms with Crippen LogP contribution >= 0.6 is 0 Å². The number of aromatic nitrogens is 3. The van der Waals surface area contributed by atoms with Crippen molar-refractivity contribution < 1.29 is 9.59 Å². The van der Waals surface area contributed by atoms with Gasteiger partial charge in [-0.3, -0.25) is 9.59 Å². The maximum atomic E-state index is 12.9. The fraction of sp³-hybridized carbons (Fsp3) is 0.263. The molecule has 26 heavy (non-hydrogen) atoms. The number of carbonyl (C=O) groups is 2. The molecule has 0 radical (unpaired) electrons. The molecule has 0 aliphatic carbocycles. The Hall–Kier alpha value is -3.22. The first-order valence-corrected chi connectivity index (χ1v) is 8.60. The number of benzene rings is 1. The van der Waals surface area contributed by atoms with E-state index in [0.29, 0.717) is 18.7 Å². The molecule has 1 atom stereocenters. The predicted molar refractivity (Wildman–Crippen MR) is 97.1 cm³/mol. The Morgan fingerprint density at radius 1 is 1.23 bits per heavy atom. The van der Waals surface area contributed by atoms with Gasteiger partial charge in [-0.25, -0.2) is 9.97 Å². The van der Waals surface area contributed by atoms with E-state index in [1.54, 1.807) is 11.0 Å². The molecule has 0 unspecified atom stereocenters. The number of H-pyrrole nitrogens is 1. The van der Waals surface area contributed by atoms with E-state index in [9.17, 15) is 9.59 Å². The number of nitrogens with two attached hydrogens (primary N) is 1. The maximum Gasteiger partial charge on any atom is 0.253 e. The number of hydrogen-bond acceptors (Lipinski definition) is 4. The van der Waals surface area contributed by atoms with Crippen molar-refractivity contribution in [2.45, 2.75) is 12.8 Å². The summed E-state index contributed by atoms with van der Waals surface area (Å²) in [5.41, 5.74) is 8.38. The van der Waals surface area contributed by atoms with E-state index >= 15 is 0 Å². The normalized spacial score (nSPS) is 17.4. The van der Waals surface area contributed by atoms with E-state index in [1.807, 2.05) is 30.5 Å². The van der Waals surface area contributed by atoms with Gasteiger partial charge < -0.3 is 15.6 Å². The highest BCUT2D eigenvalue weighted by molar-refractivity contribution is 5.97. The van der Waals surface area contributed by atoms with E-state index in [4.69, 9.17) is 5.73 Å². The standard InChI is InChI=1S/C19H19N5O2/c20-17(25)14-5-2-8-24(10-14)19(26)13-4-1-3-12(9-13)16-15-6-7-21-18(15)23-11-22-16/h1,3-4,6-7,9,11,14H,2,5,8,10H2,(H2,20,25)(H,21,22,23)/t14-/m1/s1. The number of hydrogen-bond donors (Lipinski definition) is 2. The molecular formula is C19H19N5O2. The summed E-state index contributed by atoms with van der Waals surface area (Å²) in [7, 11) is 0. The third kappa shape index (κ3) is 2.92. The summed E-state index contributed by atoms with van der Waals surface area (Å²) in [6, 6.07) is 9.31. The third-order valence-corrected chi connectivity index (χ3v) is 4.85. The van der Waals surface area contributed by atoms with Crippen LogP contribution in [0.2, 0.25) is 0 Å². The van der Waals surface area contributed by atoms with E-state index in [2.05, 4.69) is 15.0 Å². The fourth-order valence-corrected chi connectivity index (χ4v) is 3.48. The Morgan fingerprint density at radius 3 is 2.96 bits per heavy atom. The molecule has 0 saturated carbocycles. The Kier molecular flexibility index (Phi) is 4.12. The summed E-state index contributed by atoms with van der Waals surface area (Å²) in [6.07, 6.45) is 4.85. The third-order valence-electron chi connectivity index (χ3n) is 4.85. The lowest BCUT2D eigenvalue weighted by atomic mass is 9.96. The van der Waals surface area contributed by atoms with Crippen molar-refractivity contribution in [2.75, 3.05) is 13.1 Å². The summed E-state index contributed by atoms with van der Waals surface area (Å²) < 4.78 is 0. The fourth-order valence-electron chi connectivity index (χ4n) is 3.48. The lowest BCUT2D eigenvalue weighted by molar-refractivity contribution is -0.123. The first-order chi connectivity index (χ1) is 12.6. The zero-order chi connectivity index (χ0) is 18.1. The molecule has 2 aromatic heterocycles. The van der Waals surface area contributed by atoms with Crippen LogP contribution in [-0.2, 0) is 4.79 Å². The van der Waals surface area contributed by atoms with Crippen molar-refractivity contribution in [3.05, 3.63) is 48.4 Å². The lowest BCUT2D eigenvalue weighted by Crippen LogP contribution is -2.44.